The Balaban J connectivity index is 2.20. The predicted molar refractivity (Wildman–Crippen MR) is 66.6 cm³/mol. The van der Waals surface area contributed by atoms with Crippen LogP contribution in [-0.2, 0) is 0 Å². The lowest BCUT2D eigenvalue weighted by molar-refractivity contribution is 0.136. The Morgan fingerprint density at radius 1 is 1.44 bits per heavy atom. The molecule has 2 atom stereocenters. The Morgan fingerprint density at radius 2 is 2.19 bits per heavy atom. The highest BCUT2D eigenvalue weighted by Gasteiger charge is 2.26. The molecule has 0 amide bonds. The van der Waals surface area contributed by atoms with E-state index in [0.717, 1.165) is 18.6 Å². The van der Waals surface area contributed by atoms with E-state index in [2.05, 4.69) is 39.0 Å². The third kappa shape index (κ3) is 2.38. The molecule has 0 saturated carbocycles. The summed E-state index contributed by atoms with van der Waals surface area (Å²) in [6, 6.07) is 6.42. The van der Waals surface area contributed by atoms with Gasteiger partial charge in [-0.15, -0.1) is 0 Å². The van der Waals surface area contributed by atoms with Crippen LogP contribution in [0.2, 0.25) is 0 Å². The molecule has 1 aromatic carbocycles. The van der Waals surface area contributed by atoms with Crippen molar-refractivity contribution in [1.29, 1.82) is 0 Å². The van der Waals surface area contributed by atoms with Crippen molar-refractivity contribution >= 4 is 0 Å². The molecule has 88 valence electrons. The second-order valence-electron chi connectivity index (χ2n) is 5.25. The molecule has 0 aliphatic carbocycles. The first-order valence-electron chi connectivity index (χ1n) is 6.09. The number of hydrogen-bond acceptors (Lipinski definition) is 2. The van der Waals surface area contributed by atoms with Gasteiger partial charge in [-0.1, -0.05) is 31.5 Å². The Bertz CT molecular complexity index is 373. The monoisotopic (exact) mass is 219 g/mol. The number of aryl methyl sites for hydroxylation is 1. The van der Waals surface area contributed by atoms with Crippen LogP contribution in [0.25, 0.3) is 0 Å². The van der Waals surface area contributed by atoms with E-state index in [0.29, 0.717) is 5.92 Å². The molecule has 1 aliphatic rings. The normalized spacial score (nSPS) is 24.1. The molecule has 2 nitrogen and oxygen atoms in total. The summed E-state index contributed by atoms with van der Waals surface area (Å²) in [4.78, 5) is 0. The Hall–Kier alpha value is -1.02. The molecule has 1 unspecified atom stereocenters. The zero-order valence-electron chi connectivity index (χ0n) is 10.4. The third-order valence-electron chi connectivity index (χ3n) is 3.11. The fourth-order valence-electron chi connectivity index (χ4n) is 2.37. The van der Waals surface area contributed by atoms with Gasteiger partial charge >= 0.3 is 0 Å². The number of fused-ring (bicyclic) bond motifs is 1. The maximum atomic E-state index is 6.20. The van der Waals surface area contributed by atoms with Gasteiger partial charge in [0.25, 0.3) is 0 Å². The van der Waals surface area contributed by atoms with Gasteiger partial charge in [-0.2, -0.15) is 0 Å². The summed E-state index contributed by atoms with van der Waals surface area (Å²) in [5.74, 6) is 1.64. The molecule has 0 aromatic heterocycles. The van der Waals surface area contributed by atoms with Gasteiger partial charge in [-0.3, -0.25) is 0 Å². The van der Waals surface area contributed by atoms with Crippen molar-refractivity contribution in [3.8, 4) is 5.75 Å². The van der Waals surface area contributed by atoms with Crippen LogP contribution < -0.4 is 10.5 Å². The fourth-order valence-corrected chi connectivity index (χ4v) is 2.37. The third-order valence-corrected chi connectivity index (χ3v) is 3.11. The summed E-state index contributed by atoms with van der Waals surface area (Å²) < 4.78 is 5.99. The van der Waals surface area contributed by atoms with Gasteiger partial charge < -0.3 is 10.5 Å². The van der Waals surface area contributed by atoms with Crippen LogP contribution in [0.5, 0.6) is 5.75 Å². The smallest absolute Gasteiger partial charge is 0.124 e. The van der Waals surface area contributed by atoms with Gasteiger partial charge in [0.05, 0.1) is 0 Å². The van der Waals surface area contributed by atoms with Crippen molar-refractivity contribution in [3.63, 3.8) is 0 Å². The molecule has 0 radical (unpaired) electrons. The summed E-state index contributed by atoms with van der Waals surface area (Å²) in [6.45, 7) is 6.53. The summed E-state index contributed by atoms with van der Waals surface area (Å²) in [7, 11) is 0. The Morgan fingerprint density at radius 3 is 2.88 bits per heavy atom. The second kappa shape index (κ2) is 4.46. The summed E-state index contributed by atoms with van der Waals surface area (Å²) >= 11 is 0. The molecular weight excluding hydrogens is 198 g/mol. The van der Waals surface area contributed by atoms with E-state index in [1.807, 2.05) is 0 Å². The average Bonchev–Trinajstić information content (AvgIpc) is 2.18. The minimum atomic E-state index is 0.132. The molecule has 1 aliphatic heterocycles. The highest BCUT2D eigenvalue weighted by Crippen LogP contribution is 2.35. The predicted octanol–water partition coefficient (Wildman–Crippen LogP) is 3.19. The van der Waals surface area contributed by atoms with Crippen molar-refractivity contribution in [3.05, 3.63) is 29.3 Å². The zero-order chi connectivity index (χ0) is 11.7. The molecule has 1 aromatic rings. The molecule has 16 heavy (non-hydrogen) atoms. The van der Waals surface area contributed by atoms with E-state index >= 15 is 0 Å². The van der Waals surface area contributed by atoms with Crippen LogP contribution in [0, 0.1) is 12.8 Å². The lowest BCUT2D eigenvalue weighted by Crippen LogP contribution is -2.30. The molecule has 0 bridgehead atoms. The van der Waals surface area contributed by atoms with Crippen LogP contribution in [0.1, 0.15) is 43.9 Å². The lowest BCUT2D eigenvalue weighted by atomic mass is 9.92. The van der Waals surface area contributed by atoms with Crippen molar-refractivity contribution < 1.29 is 4.74 Å². The van der Waals surface area contributed by atoms with Crippen LogP contribution in [0.15, 0.2) is 18.2 Å². The molecule has 0 saturated heterocycles. The quantitative estimate of drug-likeness (QED) is 0.829. The molecule has 2 N–H and O–H groups in total. The van der Waals surface area contributed by atoms with E-state index in [1.54, 1.807) is 0 Å². The lowest BCUT2D eigenvalue weighted by Gasteiger charge is -2.31. The van der Waals surface area contributed by atoms with Gasteiger partial charge in [0.1, 0.15) is 11.9 Å². The van der Waals surface area contributed by atoms with Crippen LogP contribution in [-0.4, -0.2) is 6.10 Å². The van der Waals surface area contributed by atoms with Gasteiger partial charge in [-0.05, 0) is 25.3 Å². The number of benzene rings is 1. The molecule has 1 heterocycles. The van der Waals surface area contributed by atoms with Crippen LogP contribution in [0.4, 0.5) is 0 Å². The van der Waals surface area contributed by atoms with Gasteiger partial charge in [0, 0.05) is 18.0 Å². The minimum absolute atomic E-state index is 0.132. The summed E-state index contributed by atoms with van der Waals surface area (Å²) in [6.07, 6.45) is 2.31. The minimum Gasteiger partial charge on any atom is -0.490 e. The highest BCUT2D eigenvalue weighted by molar-refractivity contribution is 5.40. The average molecular weight is 219 g/mol. The van der Waals surface area contributed by atoms with Crippen molar-refractivity contribution in [1.82, 2.24) is 0 Å². The van der Waals surface area contributed by atoms with Crippen molar-refractivity contribution in [2.45, 2.75) is 45.8 Å². The maximum Gasteiger partial charge on any atom is 0.124 e. The maximum absolute atomic E-state index is 6.20. The molecule has 2 heteroatoms. The van der Waals surface area contributed by atoms with Gasteiger partial charge in [0.2, 0.25) is 0 Å². The van der Waals surface area contributed by atoms with E-state index < -0.39 is 0 Å². The first-order chi connectivity index (χ1) is 7.56. The molecule has 0 fully saturated rings. The summed E-state index contributed by atoms with van der Waals surface area (Å²) in [5.41, 5.74) is 8.62. The standard InChI is InChI=1S/C14H21NO/c1-9(2)6-11-8-13(15)12-7-10(3)4-5-14(12)16-11/h4-5,7,9,11,13H,6,8,15H2,1-3H3/t11?,13-/m1/s1. The van der Waals surface area contributed by atoms with E-state index in [9.17, 15) is 0 Å². The highest BCUT2D eigenvalue weighted by atomic mass is 16.5. The molecule has 2 rings (SSSR count). The van der Waals surface area contributed by atoms with E-state index in [4.69, 9.17) is 10.5 Å². The zero-order valence-corrected chi connectivity index (χ0v) is 10.4. The Kier molecular flexibility index (Phi) is 3.20. The van der Waals surface area contributed by atoms with E-state index in [1.165, 1.54) is 11.1 Å². The number of nitrogens with two attached hydrogens (primary N) is 1. The number of hydrogen-bond donors (Lipinski definition) is 1. The first kappa shape index (κ1) is 11.5. The van der Waals surface area contributed by atoms with Crippen molar-refractivity contribution in [2.75, 3.05) is 0 Å². The molecule has 0 spiro atoms. The number of ether oxygens (including phenoxy) is 1. The van der Waals surface area contributed by atoms with Crippen molar-refractivity contribution in [2.24, 2.45) is 11.7 Å². The van der Waals surface area contributed by atoms with Gasteiger partial charge in [-0.25, -0.2) is 0 Å². The SMILES string of the molecule is Cc1ccc2c(c1)[C@H](N)CC(CC(C)C)O2. The van der Waals surface area contributed by atoms with Crippen LogP contribution in [0.3, 0.4) is 0 Å². The van der Waals surface area contributed by atoms with E-state index in [-0.39, 0.29) is 12.1 Å². The van der Waals surface area contributed by atoms with Crippen LogP contribution >= 0.6 is 0 Å². The first-order valence-corrected chi connectivity index (χ1v) is 6.09. The summed E-state index contributed by atoms with van der Waals surface area (Å²) in [5, 5.41) is 0. The number of rotatable bonds is 2. The fraction of sp³-hybridized carbons (Fsp3) is 0.571. The Labute approximate surface area is 97.8 Å². The second-order valence-corrected chi connectivity index (χ2v) is 5.25. The topological polar surface area (TPSA) is 35.2 Å². The molecular formula is C14H21NO. The largest absolute Gasteiger partial charge is 0.490 e. The van der Waals surface area contributed by atoms with Gasteiger partial charge in [0.15, 0.2) is 0 Å².